The minimum Gasteiger partial charge on any atom is -0.488 e. The highest BCUT2D eigenvalue weighted by atomic mass is 35.5. The third kappa shape index (κ3) is 1.91. The van der Waals surface area contributed by atoms with E-state index in [1.807, 2.05) is 30.3 Å². The number of para-hydroxylation sites is 1. The Bertz CT molecular complexity index is 577. The van der Waals surface area contributed by atoms with E-state index in [0.717, 1.165) is 16.9 Å². The monoisotopic (exact) mass is 248 g/mol. The summed E-state index contributed by atoms with van der Waals surface area (Å²) in [6, 6.07) is 7.82. The van der Waals surface area contributed by atoms with Crippen LogP contribution < -0.4 is 4.74 Å². The van der Waals surface area contributed by atoms with Gasteiger partial charge >= 0.3 is 0 Å². The first-order chi connectivity index (χ1) is 8.36. The van der Waals surface area contributed by atoms with Crippen LogP contribution >= 0.6 is 11.6 Å². The van der Waals surface area contributed by atoms with E-state index in [1.165, 1.54) is 0 Å². The minimum absolute atomic E-state index is 0.220. The van der Waals surface area contributed by atoms with Crippen LogP contribution in [0.4, 0.5) is 0 Å². The lowest BCUT2D eigenvalue weighted by Crippen LogP contribution is -2.07. The number of rotatable bonds is 2. The largest absolute Gasteiger partial charge is 0.488 e. The Hall–Kier alpha value is -1.81. The zero-order chi connectivity index (χ0) is 11.7. The van der Waals surface area contributed by atoms with Crippen molar-refractivity contribution in [2.24, 2.45) is 0 Å². The highest BCUT2D eigenvalue weighted by Gasteiger charge is 2.16. The molecule has 1 aliphatic heterocycles. The van der Waals surface area contributed by atoms with Crippen LogP contribution in [0.15, 0.2) is 28.8 Å². The fraction of sp³-hybridized carbons (Fsp3) is 0.167. The maximum Gasteiger partial charge on any atom is 0.241 e. The van der Waals surface area contributed by atoms with Gasteiger partial charge in [-0.1, -0.05) is 23.4 Å². The van der Waals surface area contributed by atoms with Crippen LogP contribution in [0, 0.1) is 0 Å². The lowest BCUT2D eigenvalue weighted by molar-refractivity contribution is 0.361. The summed E-state index contributed by atoms with van der Waals surface area (Å²) >= 11 is 5.61. The molecule has 3 rings (SSSR count). The number of ether oxygens (including phenoxy) is 1. The van der Waals surface area contributed by atoms with Crippen molar-refractivity contribution in [2.45, 2.75) is 5.88 Å². The fourth-order valence-corrected chi connectivity index (χ4v) is 1.79. The van der Waals surface area contributed by atoms with Gasteiger partial charge in [-0.3, -0.25) is 0 Å². The van der Waals surface area contributed by atoms with E-state index in [9.17, 15) is 0 Å². The number of benzene rings is 1. The molecule has 0 radical (unpaired) electrons. The maximum atomic E-state index is 5.61. The van der Waals surface area contributed by atoms with Crippen LogP contribution in [0.25, 0.3) is 11.6 Å². The summed E-state index contributed by atoms with van der Waals surface area (Å²) in [5, 5.41) is 3.86. The molecule has 1 aromatic carbocycles. The highest BCUT2D eigenvalue weighted by Crippen LogP contribution is 2.29. The van der Waals surface area contributed by atoms with Gasteiger partial charge in [0.05, 0.1) is 0 Å². The first kappa shape index (κ1) is 10.4. The Morgan fingerprint density at radius 2 is 2.18 bits per heavy atom. The first-order valence-electron chi connectivity index (χ1n) is 5.18. The Kier molecular flexibility index (Phi) is 2.57. The lowest BCUT2D eigenvalue weighted by Gasteiger charge is -2.15. The summed E-state index contributed by atoms with van der Waals surface area (Å²) in [7, 11) is 0. The van der Waals surface area contributed by atoms with Gasteiger partial charge in [-0.25, -0.2) is 0 Å². The lowest BCUT2D eigenvalue weighted by atomic mass is 10.1. The molecule has 4 nitrogen and oxygen atoms in total. The third-order valence-corrected chi connectivity index (χ3v) is 2.73. The van der Waals surface area contributed by atoms with Crippen LogP contribution in [0.1, 0.15) is 17.3 Å². The van der Waals surface area contributed by atoms with Crippen LogP contribution in [0.2, 0.25) is 0 Å². The normalized spacial score (nSPS) is 13.8. The molecule has 0 unspecified atom stereocenters. The second-order valence-electron chi connectivity index (χ2n) is 3.64. The summed E-state index contributed by atoms with van der Waals surface area (Å²) in [6.07, 6.45) is 2.00. The molecular weight excluding hydrogens is 240 g/mol. The van der Waals surface area contributed by atoms with Crippen molar-refractivity contribution in [1.82, 2.24) is 10.1 Å². The van der Waals surface area contributed by atoms with Crippen LogP contribution in [-0.2, 0) is 5.88 Å². The van der Waals surface area contributed by atoms with Crippen molar-refractivity contribution in [2.75, 3.05) is 6.61 Å². The second-order valence-corrected chi connectivity index (χ2v) is 3.91. The molecule has 0 spiro atoms. The van der Waals surface area contributed by atoms with Crippen molar-refractivity contribution >= 4 is 23.3 Å². The van der Waals surface area contributed by atoms with Crippen molar-refractivity contribution in [1.29, 1.82) is 0 Å². The molecule has 2 heterocycles. The summed E-state index contributed by atoms with van der Waals surface area (Å²) in [5.74, 6) is 2.05. The smallest absolute Gasteiger partial charge is 0.241 e. The van der Waals surface area contributed by atoms with E-state index >= 15 is 0 Å². The highest BCUT2D eigenvalue weighted by molar-refractivity contribution is 6.16. The van der Waals surface area contributed by atoms with Gasteiger partial charge in [-0.05, 0) is 12.1 Å². The van der Waals surface area contributed by atoms with Gasteiger partial charge in [-0.2, -0.15) is 4.98 Å². The fourth-order valence-electron chi connectivity index (χ4n) is 1.68. The molecule has 86 valence electrons. The van der Waals surface area contributed by atoms with E-state index in [4.69, 9.17) is 20.9 Å². The molecule has 17 heavy (non-hydrogen) atoms. The average Bonchev–Trinajstić information content (AvgIpc) is 2.87. The van der Waals surface area contributed by atoms with E-state index in [1.54, 1.807) is 0 Å². The summed E-state index contributed by atoms with van der Waals surface area (Å²) in [6.45, 7) is 0.443. The van der Waals surface area contributed by atoms with Gasteiger partial charge in [-0.15, -0.1) is 11.6 Å². The predicted octanol–water partition coefficient (Wildman–Crippen LogP) is 2.74. The quantitative estimate of drug-likeness (QED) is 0.767. The SMILES string of the molecule is ClCc1nc(C2=Cc3ccccc3OC2)no1. The molecule has 1 aromatic heterocycles. The topological polar surface area (TPSA) is 48.2 Å². The molecule has 0 aliphatic carbocycles. The summed E-state index contributed by atoms with van der Waals surface area (Å²) in [5.41, 5.74) is 1.91. The van der Waals surface area contributed by atoms with Gasteiger partial charge in [0.2, 0.25) is 11.7 Å². The van der Waals surface area contributed by atoms with Gasteiger partial charge in [0.1, 0.15) is 18.2 Å². The number of alkyl halides is 1. The van der Waals surface area contributed by atoms with Gasteiger partial charge in [0, 0.05) is 11.1 Å². The molecule has 0 N–H and O–H groups in total. The van der Waals surface area contributed by atoms with Gasteiger partial charge in [0.25, 0.3) is 0 Å². The van der Waals surface area contributed by atoms with E-state index in [2.05, 4.69) is 10.1 Å². The number of fused-ring (bicyclic) bond motifs is 1. The summed E-state index contributed by atoms with van der Waals surface area (Å²) in [4.78, 5) is 4.17. The Balaban J connectivity index is 1.98. The molecule has 0 saturated carbocycles. The predicted molar refractivity (Wildman–Crippen MR) is 63.7 cm³/mol. The number of hydrogen-bond acceptors (Lipinski definition) is 4. The van der Waals surface area contributed by atoms with Crippen molar-refractivity contribution in [3.8, 4) is 5.75 Å². The first-order valence-corrected chi connectivity index (χ1v) is 5.71. The third-order valence-electron chi connectivity index (χ3n) is 2.50. The van der Waals surface area contributed by atoms with Crippen molar-refractivity contribution < 1.29 is 9.26 Å². The van der Waals surface area contributed by atoms with Crippen molar-refractivity contribution in [3.05, 3.63) is 41.5 Å². The molecule has 0 atom stereocenters. The van der Waals surface area contributed by atoms with E-state index in [0.29, 0.717) is 18.3 Å². The maximum absolute atomic E-state index is 5.61. The van der Waals surface area contributed by atoms with Gasteiger partial charge < -0.3 is 9.26 Å². The molecular formula is C12H9ClN2O2. The molecule has 5 heteroatoms. The van der Waals surface area contributed by atoms with Crippen LogP contribution in [0.3, 0.4) is 0 Å². The standard InChI is InChI=1S/C12H9ClN2O2/c13-6-11-14-12(15-17-11)9-5-8-3-1-2-4-10(8)16-7-9/h1-5H,6-7H2. The molecule has 2 aromatic rings. The second kappa shape index (κ2) is 4.22. The Morgan fingerprint density at radius 1 is 1.29 bits per heavy atom. The van der Waals surface area contributed by atoms with Gasteiger partial charge in [0.15, 0.2) is 0 Å². The Morgan fingerprint density at radius 3 is 3.00 bits per heavy atom. The number of hydrogen-bond donors (Lipinski definition) is 0. The zero-order valence-corrected chi connectivity index (χ0v) is 9.65. The van der Waals surface area contributed by atoms with Crippen LogP contribution in [-0.4, -0.2) is 16.7 Å². The number of nitrogens with zero attached hydrogens (tertiary/aromatic N) is 2. The molecule has 1 aliphatic rings. The van der Waals surface area contributed by atoms with E-state index < -0.39 is 0 Å². The molecule has 0 amide bonds. The molecule has 0 saturated heterocycles. The summed E-state index contributed by atoms with van der Waals surface area (Å²) < 4.78 is 10.6. The Labute approximate surface area is 103 Å². The van der Waals surface area contributed by atoms with Crippen molar-refractivity contribution in [3.63, 3.8) is 0 Å². The minimum atomic E-state index is 0.220. The van der Waals surface area contributed by atoms with Crippen LogP contribution in [0.5, 0.6) is 5.75 Å². The average molecular weight is 249 g/mol. The molecule has 0 fully saturated rings. The van der Waals surface area contributed by atoms with E-state index in [-0.39, 0.29) is 5.88 Å². The molecule has 0 bridgehead atoms. The number of halogens is 1. The zero-order valence-electron chi connectivity index (χ0n) is 8.89. The number of aromatic nitrogens is 2.